The fourth-order valence-corrected chi connectivity index (χ4v) is 2.73. The van der Waals surface area contributed by atoms with Crippen LogP contribution in [0.4, 0.5) is 4.79 Å². The van der Waals surface area contributed by atoms with E-state index in [0.717, 1.165) is 12.0 Å². The minimum atomic E-state index is -0.213. The highest BCUT2D eigenvalue weighted by atomic mass is 16.2. The Morgan fingerprint density at radius 2 is 1.80 bits per heavy atom. The summed E-state index contributed by atoms with van der Waals surface area (Å²) in [5, 5.41) is 5.97. The molecule has 0 aliphatic carbocycles. The van der Waals surface area contributed by atoms with Crippen LogP contribution in [-0.2, 0) is 6.54 Å². The summed E-state index contributed by atoms with van der Waals surface area (Å²) in [5.74, 6) is 0. The molecule has 20 heavy (non-hydrogen) atoms. The van der Waals surface area contributed by atoms with E-state index in [1.807, 2.05) is 12.1 Å². The van der Waals surface area contributed by atoms with E-state index < -0.39 is 0 Å². The molecule has 0 aliphatic heterocycles. The van der Waals surface area contributed by atoms with Gasteiger partial charge in [0, 0.05) is 12.1 Å². The molecule has 0 heterocycles. The molecule has 112 valence electrons. The van der Waals surface area contributed by atoms with Crippen molar-refractivity contribution in [1.29, 1.82) is 0 Å². The topological polar surface area (TPSA) is 41.1 Å². The molecule has 0 fully saturated rings. The van der Waals surface area contributed by atoms with Crippen molar-refractivity contribution < 1.29 is 4.79 Å². The molecule has 0 atom stereocenters. The zero-order chi connectivity index (χ0) is 15.4. The lowest BCUT2D eigenvalue weighted by Gasteiger charge is -2.33. The largest absolute Gasteiger partial charge is 0.334 e. The molecule has 0 aliphatic rings. The van der Waals surface area contributed by atoms with Crippen LogP contribution in [0.1, 0.15) is 52.2 Å². The van der Waals surface area contributed by atoms with Gasteiger partial charge in [0.1, 0.15) is 0 Å². The van der Waals surface area contributed by atoms with Crippen LogP contribution in [0.3, 0.4) is 0 Å². The first-order valence-electron chi connectivity index (χ1n) is 7.19. The SMILES string of the molecule is Cc1cccc(CNC(=O)NC(C)(C)CC(C)(C)C)c1. The second kappa shape index (κ2) is 6.29. The smallest absolute Gasteiger partial charge is 0.315 e. The number of hydrogen-bond donors (Lipinski definition) is 2. The van der Waals surface area contributed by atoms with Crippen molar-refractivity contribution in [3.8, 4) is 0 Å². The van der Waals surface area contributed by atoms with E-state index in [1.165, 1.54) is 5.56 Å². The molecule has 2 amide bonds. The lowest BCUT2D eigenvalue weighted by Crippen LogP contribution is -2.49. The summed E-state index contributed by atoms with van der Waals surface area (Å²) in [4.78, 5) is 12.0. The summed E-state index contributed by atoms with van der Waals surface area (Å²) in [5.41, 5.74) is 2.30. The average Bonchev–Trinajstić information content (AvgIpc) is 2.22. The normalized spacial score (nSPS) is 12.1. The van der Waals surface area contributed by atoms with E-state index in [1.54, 1.807) is 0 Å². The van der Waals surface area contributed by atoms with Crippen LogP contribution in [0.5, 0.6) is 0 Å². The molecule has 2 N–H and O–H groups in total. The van der Waals surface area contributed by atoms with Gasteiger partial charge in [-0.3, -0.25) is 0 Å². The summed E-state index contributed by atoms with van der Waals surface area (Å²) >= 11 is 0. The van der Waals surface area contributed by atoms with Crippen LogP contribution in [0.2, 0.25) is 0 Å². The van der Waals surface area contributed by atoms with Gasteiger partial charge in [0.2, 0.25) is 0 Å². The third-order valence-electron chi connectivity index (χ3n) is 2.96. The number of hydrogen-bond acceptors (Lipinski definition) is 1. The van der Waals surface area contributed by atoms with Crippen molar-refractivity contribution in [2.75, 3.05) is 0 Å². The highest BCUT2D eigenvalue weighted by Gasteiger charge is 2.26. The first kappa shape index (κ1) is 16.5. The van der Waals surface area contributed by atoms with Gasteiger partial charge in [-0.05, 0) is 38.2 Å². The minimum Gasteiger partial charge on any atom is -0.334 e. The van der Waals surface area contributed by atoms with Crippen LogP contribution >= 0.6 is 0 Å². The quantitative estimate of drug-likeness (QED) is 0.857. The number of aryl methyl sites for hydroxylation is 1. The van der Waals surface area contributed by atoms with E-state index >= 15 is 0 Å². The second-order valence-electron chi connectivity index (χ2n) is 7.42. The number of carbonyl (C=O) groups is 1. The van der Waals surface area contributed by atoms with Gasteiger partial charge in [0.05, 0.1) is 0 Å². The van der Waals surface area contributed by atoms with Crippen molar-refractivity contribution in [2.24, 2.45) is 5.41 Å². The van der Waals surface area contributed by atoms with E-state index in [4.69, 9.17) is 0 Å². The van der Waals surface area contributed by atoms with Crippen molar-refractivity contribution in [1.82, 2.24) is 10.6 Å². The Labute approximate surface area is 123 Å². The van der Waals surface area contributed by atoms with E-state index in [-0.39, 0.29) is 17.0 Å². The third kappa shape index (κ3) is 6.60. The fraction of sp³-hybridized carbons (Fsp3) is 0.588. The number of nitrogens with one attached hydrogen (secondary N) is 2. The van der Waals surface area contributed by atoms with Crippen LogP contribution in [-0.4, -0.2) is 11.6 Å². The molecule has 0 saturated carbocycles. The van der Waals surface area contributed by atoms with E-state index in [9.17, 15) is 4.79 Å². The summed E-state index contributed by atoms with van der Waals surface area (Å²) in [6, 6.07) is 8.05. The molecule has 1 rings (SSSR count). The first-order chi connectivity index (χ1) is 9.07. The van der Waals surface area contributed by atoms with Crippen LogP contribution in [0.25, 0.3) is 0 Å². The molecule has 0 radical (unpaired) electrons. The maximum atomic E-state index is 12.0. The average molecular weight is 276 g/mol. The van der Waals surface area contributed by atoms with Gasteiger partial charge in [0.25, 0.3) is 0 Å². The Bertz CT molecular complexity index is 458. The first-order valence-corrected chi connectivity index (χ1v) is 7.19. The molecule has 3 heteroatoms. The number of amides is 2. The number of urea groups is 1. The molecule has 0 saturated heterocycles. The van der Waals surface area contributed by atoms with Gasteiger partial charge in [-0.2, -0.15) is 0 Å². The zero-order valence-corrected chi connectivity index (χ0v) is 13.6. The second-order valence-corrected chi connectivity index (χ2v) is 7.42. The standard InChI is InChI=1S/C17H28N2O/c1-13-8-7-9-14(10-13)11-18-15(20)19-17(5,6)12-16(2,3)4/h7-10H,11-12H2,1-6H3,(H2,18,19,20). The van der Waals surface area contributed by atoms with E-state index in [2.05, 4.69) is 64.3 Å². The van der Waals surface area contributed by atoms with Gasteiger partial charge in [-0.25, -0.2) is 4.79 Å². The summed E-state index contributed by atoms with van der Waals surface area (Å²) in [7, 11) is 0. The van der Waals surface area contributed by atoms with E-state index in [0.29, 0.717) is 6.54 Å². The van der Waals surface area contributed by atoms with Crippen LogP contribution in [0.15, 0.2) is 24.3 Å². The van der Waals surface area contributed by atoms with Crippen molar-refractivity contribution in [3.05, 3.63) is 35.4 Å². The van der Waals surface area contributed by atoms with Gasteiger partial charge < -0.3 is 10.6 Å². The van der Waals surface area contributed by atoms with Gasteiger partial charge in [-0.15, -0.1) is 0 Å². The maximum absolute atomic E-state index is 12.0. The molecular weight excluding hydrogens is 248 g/mol. The van der Waals surface area contributed by atoms with Crippen molar-refractivity contribution in [2.45, 2.75) is 60.0 Å². The van der Waals surface area contributed by atoms with Crippen LogP contribution in [0, 0.1) is 12.3 Å². The number of rotatable bonds is 4. The highest BCUT2D eigenvalue weighted by Crippen LogP contribution is 2.26. The lowest BCUT2D eigenvalue weighted by atomic mass is 9.82. The molecule has 3 nitrogen and oxygen atoms in total. The highest BCUT2D eigenvalue weighted by molar-refractivity contribution is 5.74. The third-order valence-corrected chi connectivity index (χ3v) is 2.96. The predicted molar refractivity (Wildman–Crippen MR) is 84.7 cm³/mol. The zero-order valence-electron chi connectivity index (χ0n) is 13.6. The van der Waals surface area contributed by atoms with Crippen LogP contribution < -0.4 is 10.6 Å². The fourth-order valence-electron chi connectivity index (χ4n) is 2.73. The molecule has 0 unspecified atom stereocenters. The molecule has 0 spiro atoms. The Balaban J connectivity index is 2.47. The molecule has 0 aromatic heterocycles. The number of benzene rings is 1. The number of carbonyl (C=O) groups excluding carboxylic acids is 1. The predicted octanol–water partition coefficient (Wildman–Crippen LogP) is 4.01. The molecule has 1 aromatic rings. The van der Waals surface area contributed by atoms with Gasteiger partial charge in [-0.1, -0.05) is 50.6 Å². The summed E-state index contributed by atoms with van der Waals surface area (Å²) in [6.45, 7) is 13.3. The lowest BCUT2D eigenvalue weighted by molar-refractivity contribution is 0.210. The van der Waals surface area contributed by atoms with Crippen molar-refractivity contribution in [3.63, 3.8) is 0 Å². The summed E-state index contributed by atoms with van der Waals surface area (Å²) in [6.07, 6.45) is 0.928. The monoisotopic (exact) mass is 276 g/mol. The Morgan fingerprint density at radius 3 is 2.35 bits per heavy atom. The molecular formula is C17H28N2O. The van der Waals surface area contributed by atoms with Gasteiger partial charge in [0.15, 0.2) is 0 Å². The van der Waals surface area contributed by atoms with Gasteiger partial charge >= 0.3 is 6.03 Å². The molecule has 0 bridgehead atoms. The molecule has 1 aromatic carbocycles. The Hall–Kier alpha value is -1.51. The summed E-state index contributed by atoms with van der Waals surface area (Å²) < 4.78 is 0. The maximum Gasteiger partial charge on any atom is 0.315 e. The van der Waals surface area contributed by atoms with Crippen molar-refractivity contribution >= 4 is 6.03 Å². The Morgan fingerprint density at radius 1 is 1.15 bits per heavy atom. The minimum absolute atomic E-state index is 0.110. The Kier molecular flexibility index (Phi) is 5.21.